The molecular formula is C14H26N2O3. The minimum absolute atomic E-state index is 0.0187. The van der Waals surface area contributed by atoms with Gasteiger partial charge in [0.2, 0.25) is 5.91 Å². The van der Waals surface area contributed by atoms with Crippen LogP contribution in [-0.2, 0) is 9.53 Å². The highest BCUT2D eigenvalue weighted by molar-refractivity contribution is 5.85. The van der Waals surface area contributed by atoms with Gasteiger partial charge in [-0.15, -0.1) is 0 Å². The van der Waals surface area contributed by atoms with Crippen molar-refractivity contribution in [1.29, 1.82) is 0 Å². The van der Waals surface area contributed by atoms with Gasteiger partial charge in [-0.05, 0) is 40.0 Å². The second-order valence-corrected chi connectivity index (χ2v) is 6.02. The molecule has 1 heterocycles. The number of carbonyl (C=O) groups excluding carboxylic acids is 2. The molecule has 1 atom stereocenters. The topological polar surface area (TPSA) is 58.6 Å². The lowest BCUT2D eigenvalue weighted by Gasteiger charge is -2.26. The van der Waals surface area contributed by atoms with Gasteiger partial charge >= 0.3 is 6.09 Å². The Morgan fingerprint density at radius 1 is 1.26 bits per heavy atom. The van der Waals surface area contributed by atoms with Crippen LogP contribution in [-0.4, -0.2) is 41.6 Å². The van der Waals surface area contributed by atoms with Crippen molar-refractivity contribution in [3.63, 3.8) is 0 Å². The highest BCUT2D eigenvalue weighted by Gasteiger charge is 2.28. The summed E-state index contributed by atoms with van der Waals surface area (Å²) in [6.45, 7) is 9.03. The number of likely N-dealkylation sites (tertiary alicyclic amines) is 1. The monoisotopic (exact) mass is 270 g/mol. The molecule has 1 aliphatic rings. The van der Waals surface area contributed by atoms with E-state index in [1.807, 2.05) is 32.6 Å². The van der Waals surface area contributed by atoms with Gasteiger partial charge in [0, 0.05) is 13.1 Å². The van der Waals surface area contributed by atoms with Gasteiger partial charge in [0.05, 0.1) is 0 Å². The van der Waals surface area contributed by atoms with Crippen LogP contribution in [0.3, 0.4) is 0 Å². The summed E-state index contributed by atoms with van der Waals surface area (Å²) in [4.78, 5) is 25.9. The largest absolute Gasteiger partial charge is 0.444 e. The number of ether oxygens (including phenoxy) is 1. The fraction of sp³-hybridized carbons (Fsp3) is 0.857. The van der Waals surface area contributed by atoms with Crippen molar-refractivity contribution >= 4 is 12.0 Å². The van der Waals surface area contributed by atoms with E-state index in [9.17, 15) is 9.59 Å². The quantitative estimate of drug-likeness (QED) is 0.852. The lowest BCUT2D eigenvalue weighted by molar-refractivity contribution is -0.132. The predicted octanol–water partition coefficient (Wildman–Crippen LogP) is 2.30. The van der Waals surface area contributed by atoms with E-state index in [0.29, 0.717) is 6.42 Å². The van der Waals surface area contributed by atoms with Crippen LogP contribution in [0.5, 0.6) is 0 Å². The van der Waals surface area contributed by atoms with E-state index in [-0.39, 0.29) is 5.91 Å². The van der Waals surface area contributed by atoms with Crippen molar-refractivity contribution in [3.05, 3.63) is 0 Å². The van der Waals surface area contributed by atoms with E-state index in [1.54, 1.807) is 0 Å². The number of alkyl carbamates (subject to hydrolysis) is 1. The zero-order chi connectivity index (χ0) is 14.5. The third-order valence-corrected chi connectivity index (χ3v) is 2.98. The predicted molar refractivity (Wildman–Crippen MR) is 73.9 cm³/mol. The Balaban J connectivity index is 2.56. The van der Waals surface area contributed by atoms with E-state index in [2.05, 4.69) is 5.32 Å². The summed E-state index contributed by atoms with van der Waals surface area (Å²) >= 11 is 0. The number of hydrogen-bond donors (Lipinski definition) is 1. The average Bonchev–Trinajstić information content (AvgIpc) is 2.78. The summed E-state index contributed by atoms with van der Waals surface area (Å²) in [5, 5.41) is 2.70. The summed E-state index contributed by atoms with van der Waals surface area (Å²) in [5.74, 6) is 0.0187. The van der Waals surface area contributed by atoms with Gasteiger partial charge in [-0.25, -0.2) is 4.79 Å². The molecule has 5 heteroatoms. The molecule has 0 radical (unpaired) electrons. The molecule has 1 fully saturated rings. The van der Waals surface area contributed by atoms with E-state index in [4.69, 9.17) is 4.74 Å². The molecule has 19 heavy (non-hydrogen) atoms. The molecule has 5 nitrogen and oxygen atoms in total. The second-order valence-electron chi connectivity index (χ2n) is 6.02. The molecule has 0 aromatic heterocycles. The fourth-order valence-electron chi connectivity index (χ4n) is 2.15. The molecule has 0 spiro atoms. The zero-order valence-corrected chi connectivity index (χ0v) is 12.5. The molecular weight excluding hydrogens is 244 g/mol. The van der Waals surface area contributed by atoms with Crippen LogP contribution in [0.25, 0.3) is 0 Å². The van der Waals surface area contributed by atoms with Crippen molar-refractivity contribution in [1.82, 2.24) is 10.2 Å². The number of amides is 2. The summed E-state index contributed by atoms with van der Waals surface area (Å²) in [6.07, 6.45) is 3.08. The first kappa shape index (κ1) is 15.8. The lowest BCUT2D eigenvalue weighted by atomic mass is 10.1. The summed E-state index contributed by atoms with van der Waals surface area (Å²) in [7, 11) is 0. The summed E-state index contributed by atoms with van der Waals surface area (Å²) < 4.78 is 5.21. The van der Waals surface area contributed by atoms with Crippen LogP contribution >= 0.6 is 0 Å². The first-order valence-electron chi connectivity index (χ1n) is 7.12. The van der Waals surface area contributed by atoms with Crippen molar-refractivity contribution in [2.24, 2.45) is 0 Å². The van der Waals surface area contributed by atoms with E-state index in [0.717, 1.165) is 32.4 Å². The Morgan fingerprint density at radius 3 is 2.32 bits per heavy atom. The Morgan fingerprint density at radius 2 is 1.84 bits per heavy atom. The zero-order valence-electron chi connectivity index (χ0n) is 12.5. The SMILES string of the molecule is CCC[C@H](NC(=O)OC(C)(C)C)C(=O)N1CCCC1. The van der Waals surface area contributed by atoms with E-state index >= 15 is 0 Å². The molecule has 0 aliphatic carbocycles. The van der Waals surface area contributed by atoms with Gasteiger partial charge < -0.3 is 15.0 Å². The normalized spacial score (nSPS) is 17.2. The standard InChI is InChI=1S/C14H26N2O3/c1-5-8-11(12(17)16-9-6-7-10-16)15-13(18)19-14(2,3)4/h11H,5-10H2,1-4H3,(H,15,18)/t11-/m0/s1. The van der Waals surface area contributed by atoms with Crippen molar-refractivity contribution in [2.75, 3.05) is 13.1 Å². The Hall–Kier alpha value is -1.26. The number of hydrogen-bond acceptors (Lipinski definition) is 3. The van der Waals surface area contributed by atoms with Gasteiger partial charge in [-0.2, -0.15) is 0 Å². The first-order valence-corrected chi connectivity index (χ1v) is 7.12. The smallest absolute Gasteiger partial charge is 0.408 e. The van der Waals surface area contributed by atoms with Crippen LogP contribution in [0.2, 0.25) is 0 Å². The molecule has 0 aromatic carbocycles. The van der Waals surface area contributed by atoms with Crippen molar-refractivity contribution in [3.8, 4) is 0 Å². The Kier molecular flexibility index (Phi) is 5.63. The highest BCUT2D eigenvalue weighted by atomic mass is 16.6. The fourth-order valence-corrected chi connectivity index (χ4v) is 2.15. The van der Waals surface area contributed by atoms with Gasteiger partial charge in [-0.1, -0.05) is 13.3 Å². The van der Waals surface area contributed by atoms with E-state index in [1.165, 1.54) is 0 Å². The van der Waals surface area contributed by atoms with E-state index < -0.39 is 17.7 Å². The second kappa shape index (κ2) is 6.78. The molecule has 110 valence electrons. The van der Waals surface area contributed by atoms with Crippen LogP contribution in [0.4, 0.5) is 4.79 Å². The molecule has 0 bridgehead atoms. The number of nitrogens with one attached hydrogen (secondary N) is 1. The van der Waals surface area contributed by atoms with Gasteiger partial charge in [0.1, 0.15) is 11.6 Å². The van der Waals surface area contributed by atoms with Gasteiger partial charge in [0.25, 0.3) is 0 Å². The molecule has 0 saturated carbocycles. The molecule has 1 rings (SSSR count). The minimum Gasteiger partial charge on any atom is -0.444 e. The number of nitrogens with zero attached hydrogens (tertiary/aromatic N) is 1. The van der Waals surface area contributed by atoms with Crippen LogP contribution in [0.1, 0.15) is 53.4 Å². The molecule has 2 amide bonds. The van der Waals surface area contributed by atoms with Crippen molar-refractivity contribution < 1.29 is 14.3 Å². The highest BCUT2D eigenvalue weighted by Crippen LogP contribution is 2.12. The summed E-state index contributed by atoms with van der Waals surface area (Å²) in [5.41, 5.74) is -0.544. The maximum absolute atomic E-state index is 12.3. The van der Waals surface area contributed by atoms with Gasteiger partial charge in [-0.3, -0.25) is 4.79 Å². The third kappa shape index (κ3) is 5.49. The third-order valence-electron chi connectivity index (χ3n) is 2.98. The Labute approximate surface area is 115 Å². The molecule has 1 aliphatic heterocycles. The van der Waals surface area contributed by atoms with Gasteiger partial charge in [0.15, 0.2) is 0 Å². The molecule has 0 unspecified atom stereocenters. The maximum Gasteiger partial charge on any atom is 0.408 e. The van der Waals surface area contributed by atoms with Crippen molar-refractivity contribution in [2.45, 2.75) is 65.0 Å². The maximum atomic E-state index is 12.3. The minimum atomic E-state index is -0.544. The molecule has 0 aromatic rings. The average molecular weight is 270 g/mol. The molecule has 1 saturated heterocycles. The Bertz CT molecular complexity index is 317. The van der Waals surface area contributed by atoms with Crippen LogP contribution in [0.15, 0.2) is 0 Å². The lowest BCUT2D eigenvalue weighted by Crippen LogP contribution is -2.48. The summed E-state index contributed by atoms with van der Waals surface area (Å²) in [6, 6.07) is -0.460. The van der Waals surface area contributed by atoms with Crippen LogP contribution < -0.4 is 5.32 Å². The number of rotatable bonds is 4. The number of carbonyl (C=O) groups is 2. The first-order chi connectivity index (χ1) is 8.83. The van der Waals surface area contributed by atoms with Crippen LogP contribution in [0, 0.1) is 0 Å². The molecule has 1 N–H and O–H groups in total.